The van der Waals surface area contributed by atoms with E-state index in [2.05, 4.69) is 30.4 Å². The number of rotatable bonds is 11. The third-order valence-electron chi connectivity index (χ3n) is 3.21. The molecular weight excluding hydrogens is 306 g/mol. The van der Waals surface area contributed by atoms with E-state index in [9.17, 15) is 14.4 Å². The summed E-state index contributed by atoms with van der Waals surface area (Å²) in [6.45, 7) is 17.7. The molecule has 0 spiro atoms. The zero-order chi connectivity index (χ0) is 18.7. The summed E-state index contributed by atoms with van der Waals surface area (Å²) in [5.74, 6) is -0.488. The number of hydrogen-bond donors (Lipinski definition) is 2. The van der Waals surface area contributed by atoms with Crippen LogP contribution >= 0.6 is 0 Å². The Bertz CT molecular complexity index is 490. The SMILES string of the molecule is C=C(C)C(=O)NCCCN(CCCNC(=O)C(=C)C)C(=O)C(=C)C. The third kappa shape index (κ3) is 8.92. The van der Waals surface area contributed by atoms with Crippen LogP contribution in [0.4, 0.5) is 0 Å². The lowest BCUT2D eigenvalue weighted by molar-refractivity contribution is -0.127. The number of hydrogen-bond acceptors (Lipinski definition) is 3. The van der Waals surface area contributed by atoms with Crippen molar-refractivity contribution in [3.05, 3.63) is 36.5 Å². The van der Waals surface area contributed by atoms with E-state index in [1.54, 1.807) is 25.7 Å². The van der Waals surface area contributed by atoms with E-state index in [4.69, 9.17) is 0 Å². The Labute approximate surface area is 144 Å². The molecule has 0 aromatic carbocycles. The molecule has 0 aromatic rings. The van der Waals surface area contributed by atoms with Crippen LogP contribution in [0.15, 0.2) is 36.5 Å². The topological polar surface area (TPSA) is 78.5 Å². The number of amides is 3. The van der Waals surface area contributed by atoms with Crippen LogP contribution < -0.4 is 10.6 Å². The predicted octanol–water partition coefficient (Wildman–Crippen LogP) is 1.56. The van der Waals surface area contributed by atoms with E-state index in [0.29, 0.717) is 55.7 Å². The van der Waals surface area contributed by atoms with Crippen LogP contribution in [-0.4, -0.2) is 48.8 Å². The Morgan fingerprint density at radius 1 is 0.750 bits per heavy atom. The first-order valence-corrected chi connectivity index (χ1v) is 7.99. The molecule has 0 aliphatic heterocycles. The minimum atomic E-state index is -0.185. The zero-order valence-electron chi connectivity index (χ0n) is 15.0. The summed E-state index contributed by atoms with van der Waals surface area (Å²) in [5, 5.41) is 5.47. The van der Waals surface area contributed by atoms with Crippen molar-refractivity contribution in [2.45, 2.75) is 33.6 Å². The summed E-state index contributed by atoms with van der Waals surface area (Å²) in [5.41, 5.74) is 1.38. The third-order valence-corrected chi connectivity index (χ3v) is 3.21. The lowest BCUT2D eigenvalue weighted by Gasteiger charge is -2.23. The van der Waals surface area contributed by atoms with Crippen LogP contribution in [0, 0.1) is 0 Å². The first-order chi connectivity index (χ1) is 11.2. The average Bonchev–Trinajstić information content (AvgIpc) is 2.51. The van der Waals surface area contributed by atoms with Crippen molar-refractivity contribution >= 4 is 17.7 Å². The minimum absolute atomic E-state index is 0.118. The van der Waals surface area contributed by atoms with Gasteiger partial charge < -0.3 is 15.5 Å². The highest BCUT2D eigenvalue weighted by Crippen LogP contribution is 2.02. The first kappa shape index (κ1) is 21.6. The van der Waals surface area contributed by atoms with Gasteiger partial charge in [-0.15, -0.1) is 0 Å². The van der Waals surface area contributed by atoms with Gasteiger partial charge in [0, 0.05) is 42.9 Å². The summed E-state index contributed by atoms with van der Waals surface area (Å²) in [6, 6.07) is 0. The van der Waals surface area contributed by atoms with Gasteiger partial charge in [0.25, 0.3) is 0 Å². The number of nitrogens with one attached hydrogen (secondary N) is 2. The molecule has 0 aromatic heterocycles. The van der Waals surface area contributed by atoms with E-state index in [1.165, 1.54) is 0 Å². The molecule has 0 atom stereocenters. The number of carbonyl (C=O) groups is 3. The summed E-state index contributed by atoms with van der Waals surface area (Å²) >= 11 is 0. The maximum atomic E-state index is 12.1. The Balaban J connectivity index is 4.29. The van der Waals surface area contributed by atoms with Gasteiger partial charge >= 0.3 is 0 Å². The van der Waals surface area contributed by atoms with E-state index >= 15 is 0 Å². The smallest absolute Gasteiger partial charge is 0.248 e. The Hall–Kier alpha value is -2.37. The second kappa shape index (κ2) is 11.2. The molecule has 0 rings (SSSR count). The molecule has 134 valence electrons. The van der Waals surface area contributed by atoms with E-state index in [0.717, 1.165) is 0 Å². The van der Waals surface area contributed by atoms with Crippen molar-refractivity contribution < 1.29 is 14.4 Å². The van der Waals surface area contributed by atoms with Gasteiger partial charge in [-0.3, -0.25) is 14.4 Å². The van der Waals surface area contributed by atoms with Gasteiger partial charge in [0.1, 0.15) is 0 Å². The van der Waals surface area contributed by atoms with Gasteiger partial charge in [-0.2, -0.15) is 0 Å². The average molecular weight is 335 g/mol. The fourth-order valence-corrected chi connectivity index (χ4v) is 1.83. The zero-order valence-corrected chi connectivity index (χ0v) is 15.0. The van der Waals surface area contributed by atoms with Crippen LogP contribution in [0.3, 0.4) is 0 Å². The lowest BCUT2D eigenvalue weighted by Crippen LogP contribution is -2.37. The van der Waals surface area contributed by atoms with Crippen LogP contribution in [0.2, 0.25) is 0 Å². The van der Waals surface area contributed by atoms with Crippen molar-refractivity contribution in [3.8, 4) is 0 Å². The highest BCUT2D eigenvalue weighted by atomic mass is 16.2. The van der Waals surface area contributed by atoms with Gasteiger partial charge in [0.2, 0.25) is 17.7 Å². The van der Waals surface area contributed by atoms with E-state index in [1.807, 2.05) is 0 Å². The van der Waals surface area contributed by atoms with Crippen LogP contribution in [-0.2, 0) is 14.4 Å². The quantitative estimate of drug-likeness (QED) is 0.444. The maximum absolute atomic E-state index is 12.1. The van der Waals surface area contributed by atoms with Crippen LogP contribution in [0.1, 0.15) is 33.6 Å². The summed E-state index contributed by atoms with van der Waals surface area (Å²) < 4.78 is 0. The summed E-state index contributed by atoms with van der Waals surface area (Å²) in [4.78, 5) is 36.6. The van der Waals surface area contributed by atoms with Gasteiger partial charge in [-0.25, -0.2) is 0 Å². The largest absolute Gasteiger partial charge is 0.352 e. The monoisotopic (exact) mass is 335 g/mol. The minimum Gasteiger partial charge on any atom is -0.352 e. The maximum Gasteiger partial charge on any atom is 0.248 e. The molecule has 6 nitrogen and oxygen atoms in total. The number of nitrogens with zero attached hydrogens (tertiary/aromatic N) is 1. The molecule has 0 unspecified atom stereocenters. The fraction of sp³-hybridized carbons (Fsp3) is 0.500. The predicted molar refractivity (Wildman–Crippen MR) is 96.3 cm³/mol. The molecule has 0 aliphatic rings. The van der Waals surface area contributed by atoms with Gasteiger partial charge in [0.15, 0.2) is 0 Å². The molecule has 3 amide bonds. The molecule has 0 saturated heterocycles. The van der Waals surface area contributed by atoms with E-state index in [-0.39, 0.29) is 17.7 Å². The standard InChI is InChI=1S/C18H29N3O3/c1-13(2)16(22)19-9-7-11-21(18(24)15(5)6)12-8-10-20-17(23)14(3)4/h1,3,5,7-12H2,2,4,6H3,(H,19,22)(H,20,23). The summed E-state index contributed by atoms with van der Waals surface area (Å²) in [6.07, 6.45) is 1.27. The summed E-state index contributed by atoms with van der Waals surface area (Å²) in [7, 11) is 0. The second-order valence-corrected chi connectivity index (χ2v) is 5.85. The van der Waals surface area contributed by atoms with Crippen LogP contribution in [0.25, 0.3) is 0 Å². The van der Waals surface area contributed by atoms with Crippen molar-refractivity contribution in [2.75, 3.05) is 26.2 Å². The molecule has 0 aliphatic carbocycles. The van der Waals surface area contributed by atoms with Gasteiger partial charge in [-0.05, 0) is 33.6 Å². The van der Waals surface area contributed by atoms with Crippen LogP contribution in [0.5, 0.6) is 0 Å². The molecule has 6 heteroatoms. The molecular formula is C18H29N3O3. The first-order valence-electron chi connectivity index (χ1n) is 7.99. The highest BCUT2D eigenvalue weighted by molar-refractivity contribution is 5.93. The van der Waals surface area contributed by atoms with Crippen molar-refractivity contribution in [1.82, 2.24) is 15.5 Å². The van der Waals surface area contributed by atoms with Gasteiger partial charge in [-0.1, -0.05) is 19.7 Å². The molecule has 0 fully saturated rings. The second-order valence-electron chi connectivity index (χ2n) is 5.85. The molecule has 0 radical (unpaired) electrons. The van der Waals surface area contributed by atoms with Crippen molar-refractivity contribution in [1.29, 1.82) is 0 Å². The van der Waals surface area contributed by atoms with Gasteiger partial charge in [0.05, 0.1) is 0 Å². The van der Waals surface area contributed by atoms with E-state index < -0.39 is 0 Å². The van der Waals surface area contributed by atoms with Crippen molar-refractivity contribution in [3.63, 3.8) is 0 Å². The molecule has 0 saturated carbocycles. The van der Waals surface area contributed by atoms with Crippen molar-refractivity contribution in [2.24, 2.45) is 0 Å². The normalized spacial score (nSPS) is 9.79. The molecule has 0 bridgehead atoms. The Morgan fingerprint density at radius 2 is 1.12 bits per heavy atom. The molecule has 24 heavy (non-hydrogen) atoms. The molecule has 0 heterocycles. The highest BCUT2D eigenvalue weighted by Gasteiger charge is 2.14. The fourth-order valence-electron chi connectivity index (χ4n) is 1.83. The Morgan fingerprint density at radius 3 is 1.42 bits per heavy atom. The molecule has 2 N–H and O–H groups in total. The number of carbonyl (C=O) groups excluding carboxylic acids is 3. The Kier molecular flexibility index (Phi) is 10.1. The lowest BCUT2D eigenvalue weighted by atomic mass is 10.2.